The van der Waals surface area contributed by atoms with Crippen molar-refractivity contribution in [3.8, 4) is 6.07 Å². The lowest BCUT2D eigenvalue weighted by atomic mass is 9.77. The topological polar surface area (TPSA) is 129 Å². The molecule has 8 nitrogen and oxygen atoms in total. The Kier molecular flexibility index (Phi) is 9.92. The summed E-state index contributed by atoms with van der Waals surface area (Å²) in [4.78, 5) is 17.1. The van der Waals surface area contributed by atoms with Crippen LogP contribution in [0.1, 0.15) is 62.6 Å². The molecule has 2 N–H and O–H groups in total. The second kappa shape index (κ2) is 13.3. The van der Waals surface area contributed by atoms with Crippen LogP contribution in [0.3, 0.4) is 0 Å². The van der Waals surface area contributed by atoms with Crippen LogP contribution in [0.15, 0.2) is 89.3 Å². The van der Waals surface area contributed by atoms with Crippen molar-refractivity contribution in [3.63, 3.8) is 0 Å². The monoisotopic (exact) mass is 641 g/mol. The van der Waals surface area contributed by atoms with E-state index in [9.17, 15) is 31.5 Å². The lowest BCUT2D eigenvalue weighted by Gasteiger charge is -2.39. The minimum absolute atomic E-state index is 0.0195. The maximum absolute atomic E-state index is 13.3. The van der Waals surface area contributed by atoms with Gasteiger partial charge < -0.3 is 9.84 Å². The number of nitriles is 1. The molecule has 12 heteroatoms. The quantitative estimate of drug-likeness (QED) is 0.200. The van der Waals surface area contributed by atoms with Crippen LogP contribution in [-0.2, 0) is 32.4 Å². The van der Waals surface area contributed by atoms with Crippen molar-refractivity contribution >= 4 is 21.7 Å². The number of halogens is 3. The van der Waals surface area contributed by atoms with Crippen LogP contribution in [0.4, 0.5) is 18.9 Å². The van der Waals surface area contributed by atoms with Crippen LogP contribution < -0.4 is 4.72 Å². The summed E-state index contributed by atoms with van der Waals surface area (Å²) in [5, 5.41) is 19.7. The zero-order valence-electron chi connectivity index (χ0n) is 24.9. The van der Waals surface area contributed by atoms with Gasteiger partial charge >= 0.3 is 12.1 Å². The van der Waals surface area contributed by atoms with Crippen LogP contribution in [0.5, 0.6) is 0 Å². The molecule has 1 aromatic heterocycles. The van der Waals surface area contributed by atoms with Gasteiger partial charge in [0.1, 0.15) is 17.4 Å². The fraction of sp³-hybridized carbons (Fsp3) is 0.364. The molecule has 2 aromatic carbocycles. The number of carbonyl (C=O) groups excluding carboxylic acids is 1. The van der Waals surface area contributed by atoms with Gasteiger partial charge in [-0.05, 0) is 72.9 Å². The molecular formula is C33H34F3N3O5S. The maximum Gasteiger partial charge on any atom is 0.389 e. The van der Waals surface area contributed by atoms with Crippen LogP contribution >= 0.6 is 0 Å². The molecule has 0 amide bonds. The molecule has 45 heavy (non-hydrogen) atoms. The Morgan fingerprint density at radius 3 is 2.36 bits per heavy atom. The number of alkyl halides is 3. The van der Waals surface area contributed by atoms with Crippen molar-refractivity contribution in [2.75, 3.05) is 4.72 Å². The van der Waals surface area contributed by atoms with Gasteiger partial charge in [-0.2, -0.15) is 26.9 Å². The zero-order chi connectivity index (χ0) is 32.9. The highest BCUT2D eigenvalue weighted by atomic mass is 32.2. The first-order valence-corrected chi connectivity index (χ1v) is 15.8. The zero-order valence-corrected chi connectivity index (χ0v) is 25.7. The summed E-state index contributed by atoms with van der Waals surface area (Å²) in [6.07, 6.45) is -4.16. The number of sulfonamides is 1. The highest BCUT2D eigenvalue weighted by molar-refractivity contribution is 7.92. The number of benzene rings is 2. The van der Waals surface area contributed by atoms with E-state index in [1.165, 1.54) is 12.1 Å². The van der Waals surface area contributed by atoms with Gasteiger partial charge in [0.2, 0.25) is 0 Å². The normalized spacial score (nSPS) is 17.5. The number of nitrogens with zero attached hydrogens (tertiary/aromatic N) is 2. The molecule has 0 saturated heterocycles. The fourth-order valence-electron chi connectivity index (χ4n) is 5.44. The van der Waals surface area contributed by atoms with E-state index >= 15 is 0 Å². The summed E-state index contributed by atoms with van der Waals surface area (Å²) >= 11 is 0. The van der Waals surface area contributed by atoms with Crippen molar-refractivity contribution in [1.29, 1.82) is 5.26 Å². The number of hydrogen-bond acceptors (Lipinski definition) is 7. The lowest BCUT2D eigenvalue weighted by molar-refractivity contribution is -0.173. The van der Waals surface area contributed by atoms with Crippen LogP contribution in [0, 0.1) is 16.7 Å². The van der Waals surface area contributed by atoms with Crippen molar-refractivity contribution in [3.05, 3.63) is 101 Å². The van der Waals surface area contributed by atoms with E-state index in [-0.39, 0.29) is 46.9 Å². The van der Waals surface area contributed by atoms with Gasteiger partial charge in [-0.15, -0.1) is 0 Å². The number of esters is 1. The number of hydrogen-bond donors (Lipinski definition) is 2. The molecule has 1 aliphatic rings. The molecule has 0 spiro atoms. The molecule has 1 aliphatic heterocycles. The molecule has 0 aliphatic carbocycles. The molecular weight excluding hydrogens is 607 g/mol. The number of rotatable bonds is 12. The molecule has 238 valence electrons. The van der Waals surface area contributed by atoms with E-state index in [2.05, 4.69) is 9.71 Å². The van der Waals surface area contributed by atoms with Crippen LogP contribution in [0.25, 0.3) is 0 Å². The number of anilines is 1. The van der Waals surface area contributed by atoms with Gasteiger partial charge in [-0.1, -0.05) is 56.3 Å². The number of cyclic esters (lactones) is 1. The first-order chi connectivity index (χ1) is 21.1. The number of aryl methyl sites for hydroxylation is 1. The van der Waals surface area contributed by atoms with E-state index in [1.807, 2.05) is 50.2 Å². The van der Waals surface area contributed by atoms with Gasteiger partial charge in [0.05, 0.1) is 11.1 Å². The van der Waals surface area contributed by atoms with Gasteiger partial charge in [0.25, 0.3) is 10.0 Å². The molecule has 2 heterocycles. The standard InChI is InChI=1S/C33H34F3N3O5S/c1-31(2,18-24-9-6-10-26(17-24)39-45(42,43)29-12-11-25(21-37)22-38-29)19-27-28(40)20-32(44-30(27)41,15-16-33(34,35)36)14-13-23-7-4-3-5-8-23/h3-12,17,22,39-40H,13-16,18-20H2,1-2H3/t32-/m0/s1. The molecule has 0 unspecified atom stereocenters. The summed E-state index contributed by atoms with van der Waals surface area (Å²) in [6, 6.07) is 20.3. The number of nitrogens with one attached hydrogen (secondary N) is 1. The van der Waals surface area contributed by atoms with E-state index in [0.29, 0.717) is 12.8 Å². The Morgan fingerprint density at radius 1 is 1.02 bits per heavy atom. The number of aliphatic hydroxyl groups is 1. The predicted octanol–water partition coefficient (Wildman–Crippen LogP) is 7.19. The third kappa shape index (κ3) is 9.31. The molecule has 4 rings (SSSR count). The summed E-state index contributed by atoms with van der Waals surface area (Å²) in [6.45, 7) is 3.72. The number of aliphatic hydroxyl groups excluding tert-OH is 1. The molecule has 0 fully saturated rings. The Bertz CT molecular complexity index is 1700. The summed E-state index contributed by atoms with van der Waals surface area (Å²) in [7, 11) is -4.03. The van der Waals surface area contributed by atoms with E-state index in [4.69, 9.17) is 10.00 Å². The largest absolute Gasteiger partial charge is 0.512 e. The van der Waals surface area contributed by atoms with E-state index in [0.717, 1.165) is 17.3 Å². The van der Waals surface area contributed by atoms with Crippen LogP contribution in [-0.4, -0.2) is 36.3 Å². The summed E-state index contributed by atoms with van der Waals surface area (Å²) in [5.41, 5.74) is 0.0144. The number of ether oxygens (including phenoxy) is 1. The van der Waals surface area contributed by atoms with Gasteiger partial charge in [-0.3, -0.25) is 4.72 Å². The number of aromatic nitrogens is 1. The Balaban J connectivity index is 1.48. The minimum atomic E-state index is -4.45. The van der Waals surface area contributed by atoms with Crippen molar-refractivity contribution < 1.29 is 36.2 Å². The van der Waals surface area contributed by atoms with Crippen molar-refractivity contribution in [2.24, 2.45) is 5.41 Å². The number of pyridine rings is 1. The second-order valence-corrected chi connectivity index (χ2v) is 13.7. The van der Waals surface area contributed by atoms with Crippen LogP contribution in [0.2, 0.25) is 0 Å². The molecule has 3 aromatic rings. The Hall–Kier alpha value is -4.37. The average molecular weight is 642 g/mol. The van der Waals surface area contributed by atoms with Gasteiger partial charge in [0, 0.05) is 24.7 Å². The summed E-state index contributed by atoms with van der Waals surface area (Å²) < 4.78 is 73.5. The third-order valence-electron chi connectivity index (χ3n) is 7.63. The maximum atomic E-state index is 13.3. The minimum Gasteiger partial charge on any atom is -0.512 e. The van der Waals surface area contributed by atoms with Gasteiger partial charge in [0.15, 0.2) is 5.03 Å². The molecule has 1 atom stereocenters. The highest BCUT2D eigenvalue weighted by Crippen LogP contribution is 2.42. The SMILES string of the molecule is CC(C)(CC1=C(O)C[C@](CCc2ccccc2)(CCC(F)(F)F)OC1=O)Cc1cccc(NS(=O)(=O)c2ccc(C#N)cn2)c1. The molecule has 0 bridgehead atoms. The fourth-order valence-corrected chi connectivity index (χ4v) is 6.42. The average Bonchev–Trinajstić information content (AvgIpc) is 2.97. The third-order valence-corrected chi connectivity index (χ3v) is 8.92. The van der Waals surface area contributed by atoms with Crippen molar-refractivity contribution in [1.82, 2.24) is 4.98 Å². The van der Waals surface area contributed by atoms with Crippen molar-refractivity contribution in [2.45, 2.75) is 75.6 Å². The van der Waals surface area contributed by atoms with Gasteiger partial charge in [-0.25, -0.2) is 9.78 Å². The van der Waals surface area contributed by atoms with E-state index in [1.54, 1.807) is 24.3 Å². The first kappa shape index (κ1) is 33.5. The Morgan fingerprint density at radius 2 is 1.73 bits per heavy atom. The smallest absolute Gasteiger partial charge is 0.389 e. The predicted molar refractivity (Wildman–Crippen MR) is 161 cm³/mol. The molecule has 0 saturated carbocycles. The summed E-state index contributed by atoms with van der Waals surface area (Å²) in [5.74, 6) is -1.11. The molecule has 0 radical (unpaired) electrons. The lowest BCUT2D eigenvalue weighted by Crippen LogP contribution is -2.42. The Labute approximate surface area is 260 Å². The highest BCUT2D eigenvalue weighted by Gasteiger charge is 2.45. The first-order valence-electron chi connectivity index (χ1n) is 14.3. The van der Waals surface area contributed by atoms with E-state index < -0.39 is 46.0 Å². The second-order valence-electron chi connectivity index (χ2n) is 12.1. The number of carbonyl (C=O) groups is 1.